The van der Waals surface area contributed by atoms with Gasteiger partial charge in [-0.25, -0.2) is 0 Å². The molecule has 0 radical (unpaired) electrons. The van der Waals surface area contributed by atoms with E-state index in [-0.39, 0.29) is 23.9 Å². The largest absolute Gasteiger partial charge is 0.347 e. The van der Waals surface area contributed by atoms with Crippen LogP contribution in [0.5, 0.6) is 0 Å². The number of carbonyl (C=O) groups is 2. The van der Waals surface area contributed by atoms with E-state index in [1.165, 1.54) is 0 Å². The molecule has 1 aliphatic rings. The minimum atomic E-state index is -0.258. The number of likely N-dealkylation sites (tertiary alicyclic amines) is 1. The number of hydrogen-bond acceptors (Lipinski definition) is 3. The first-order valence-corrected chi connectivity index (χ1v) is 6.17. The number of likely N-dealkylation sites (N-methyl/N-ethyl adjacent to an activating group) is 1. The molecular formula is C12H23N3O2. The summed E-state index contributed by atoms with van der Waals surface area (Å²) in [4.78, 5) is 27.2. The Morgan fingerprint density at radius 3 is 2.59 bits per heavy atom. The topological polar surface area (TPSA) is 52.7 Å². The van der Waals surface area contributed by atoms with Crippen LogP contribution < -0.4 is 5.32 Å². The highest BCUT2D eigenvalue weighted by Gasteiger charge is 2.34. The van der Waals surface area contributed by atoms with E-state index in [1.807, 2.05) is 13.8 Å². The Balaban J connectivity index is 2.57. The molecule has 0 aliphatic carbocycles. The van der Waals surface area contributed by atoms with Crippen LogP contribution in [-0.4, -0.2) is 60.9 Å². The van der Waals surface area contributed by atoms with Gasteiger partial charge in [-0.1, -0.05) is 13.8 Å². The molecule has 0 bridgehead atoms. The number of nitrogens with one attached hydrogen (secondary N) is 1. The standard InChI is InChI=1S/C12H23N3O2/c1-9(2)13-8-11(16)15-7-5-6-10(15)12(17)14(3)4/h9-10,13H,5-8H2,1-4H3. The maximum Gasteiger partial charge on any atom is 0.244 e. The Kier molecular flexibility index (Phi) is 4.93. The molecule has 1 aliphatic heterocycles. The monoisotopic (exact) mass is 241 g/mol. The third-order valence-corrected chi connectivity index (χ3v) is 2.96. The van der Waals surface area contributed by atoms with Crippen molar-refractivity contribution in [3.63, 3.8) is 0 Å². The lowest BCUT2D eigenvalue weighted by Crippen LogP contribution is -2.48. The lowest BCUT2D eigenvalue weighted by atomic mass is 10.2. The van der Waals surface area contributed by atoms with Gasteiger partial charge in [-0.2, -0.15) is 0 Å². The van der Waals surface area contributed by atoms with Gasteiger partial charge in [0.25, 0.3) is 0 Å². The van der Waals surface area contributed by atoms with Crippen LogP contribution in [0.25, 0.3) is 0 Å². The molecule has 5 nitrogen and oxygen atoms in total. The molecule has 17 heavy (non-hydrogen) atoms. The van der Waals surface area contributed by atoms with Gasteiger partial charge in [0.05, 0.1) is 6.54 Å². The second-order valence-corrected chi connectivity index (χ2v) is 5.01. The van der Waals surface area contributed by atoms with Crippen molar-refractivity contribution in [2.24, 2.45) is 0 Å². The van der Waals surface area contributed by atoms with Crippen LogP contribution in [0.3, 0.4) is 0 Å². The number of carbonyl (C=O) groups excluding carboxylic acids is 2. The number of rotatable bonds is 4. The Labute approximate surface area is 103 Å². The Hall–Kier alpha value is -1.10. The summed E-state index contributed by atoms with van der Waals surface area (Å²) in [5.74, 6) is 0.0526. The average molecular weight is 241 g/mol. The second-order valence-electron chi connectivity index (χ2n) is 5.01. The molecule has 1 atom stereocenters. The first-order chi connectivity index (χ1) is 7.93. The molecule has 98 valence electrons. The molecule has 1 fully saturated rings. The van der Waals surface area contributed by atoms with Gasteiger partial charge in [0.2, 0.25) is 11.8 Å². The summed E-state index contributed by atoms with van der Waals surface area (Å²) in [6.45, 7) is 5.01. The van der Waals surface area contributed by atoms with Crippen molar-refractivity contribution in [1.29, 1.82) is 0 Å². The predicted molar refractivity (Wildman–Crippen MR) is 66.6 cm³/mol. The lowest BCUT2D eigenvalue weighted by Gasteiger charge is -2.26. The molecule has 5 heteroatoms. The molecular weight excluding hydrogens is 218 g/mol. The van der Waals surface area contributed by atoms with Crippen molar-refractivity contribution < 1.29 is 9.59 Å². The van der Waals surface area contributed by atoms with Crippen molar-refractivity contribution in [3.05, 3.63) is 0 Å². The zero-order valence-electron chi connectivity index (χ0n) is 11.2. The normalized spacial score (nSPS) is 19.8. The molecule has 1 unspecified atom stereocenters. The Morgan fingerprint density at radius 1 is 1.41 bits per heavy atom. The van der Waals surface area contributed by atoms with Crippen LogP contribution in [-0.2, 0) is 9.59 Å². The first-order valence-electron chi connectivity index (χ1n) is 6.17. The molecule has 1 saturated heterocycles. The summed E-state index contributed by atoms with van der Waals surface area (Å²) in [7, 11) is 3.46. The molecule has 0 aromatic rings. The highest BCUT2D eigenvalue weighted by molar-refractivity contribution is 5.88. The smallest absolute Gasteiger partial charge is 0.244 e. The fourth-order valence-electron chi connectivity index (χ4n) is 2.01. The lowest BCUT2D eigenvalue weighted by molar-refractivity contribution is -0.141. The van der Waals surface area contributed by atoms with Gasteiger partial charge in [0.15, 0.2) is 0 Å². The fourth-order valence-corrected chi connectivity index (χ4v) is 2.01. The summed E-state index contributed by atoms with van der Waals surface area (Å²) in [6.07, 6.45) is 1.70. The molecule has 1 heterocycles. The van der Waals surface area contributed by atoms with E-state index in [2.05, 4.69) is 5.32 Å². The molecule has 0 aromatic heterocycles. The molecule has 0 aromatic carbocycles. The van der Waals surface area contributed by atoms with Crippen LogP contribution in [0.15, 0.2) is 0 Å². The van der Waals surface area contributed by atoms with Crippen molar-refractivity contribution in [2.45, 2.75) is 38.8 Å². The quantitative estimate of drug-likeness (QED) is 0.757. The molecule has 1 rings (SSSR count). The van der Waals surface area contributed by atoms with E-state index in [1.54, 1.807) is 23.9 Å². The van der Waals surface area contributed by atoms with Crippen molar-refractivity contribution in [2.75, 3.05) is 27.2 Å². The van der Waals surface area contributed by atoms with E-state index < -0.39 is 0 Å². The van der Waals surface area contributed by atoms with Crippen molar-refractivity contribution in [1.82, 2.24) is 15.1 Å². The summed E-state index contributed by atoms with van der Waals surface area (Å²) in [5, 5.41) is 3.09. The van der Waals surface area contributed by atoms with Crippen LogP contribution in [0.1, 0.15) is 26.7 Å². The second kappa shape index (κ2) is 6.00. The summed E-state index contributed by atoms with van der Waals surface area (Å²) in [6, 6.07) is 0.0241. The molecule has 1 N–H and O–H groups in total. The zero-order valence-corrected chi connectivity index (χ0v) is 11.2. The maximum absolute atomic E-state index is 12.0. The molecule has 0 spiro atoms. The Bertz CT molecular complexity index is 289. The highest BCUT2D eigenvalue weighted by atomic mass is 16.2. The van der Waals surface area contributed by atoms with E-state index in [4.69, 9.17) is 0 Å². The zero-order chi connectivity index (χ0) is 13.0. The minimum absolute atomic E-state index is 0.0244. The van der Waals surface area contributed by atoms with Gasteiger partial charge in [0.1, 0.15) is 6.04 Å². The van der Waals surface area contributed by atoms with Crippen LogP contribution in [0.2, 0.25) is 0 Å². The minimum Gasteiger partial charge on any atom is -0.347 e. The van der Waals surface area contributed by atoms with Gasteiger partial charge in [-0.15, -0.1) is 0 Å². The van der Waals surface area contributed by atoms with Gasteiger partial charge in [-0.05, 0) is 12.8 Å². The average Bonchev–Trinajstić information content (AvgIpc) is 2.73. The van der Waals surface area contributed by atoms with Gasteiger partial charge in [0, 0.05) is 26.7 Å². The van der Waals surface area contributed by atoms with Gasteiger partial charge >= 0.3 is 0 Å². The SMILES string of the molecule is CC(C)NCC(=O)N1CCCC1C(=O)N(C)C. The third kappa shape index (κ3) is 3.70. The van der Waals surface area contributed by atoms with E-state index >= 15 is 0 Å². The van der Waals surface area contributed by atoms with Crippen LogP contribution in [0.4, 0.5) is 0 Å². The predicted octanol–water partition coefficient (Wildman–Crippen LogP) is 0.0636. The van der Waals surface area contributed by atoms with Crippen LogP contribution in [0, 0.1) is 0 Å². The van der Waals surface area contributed by atoms with Crippen molar-refractivity contribution in [3.8, 4) is 0 Å². The van der Waals surface area contributed by atoms with Crippen molar-refractivity contribution >= 4 is 11.8 Å². The van der Waals surface area contributed by atoms with E-state index in [0.29, 0.717) is 13.1 Å². The Morgan fingerprint density at radius 2 is 2.06 bits per heavy atom. The van der Waals surface area contributed by atoms with E-state index in [0.717, 1.165) is 12.8 Å². The number of nitrogens with zero attached hydrogens (tertiary/aromatic N) is 2. The fraction of sp³-hybridized carbons (Fsp3) is 0.833. The summed E-state index contributed by atoms with van der Waals surface area (Å²) in [5.41, 5.74) is 0. The number of amides is 2. The van der Waals surface area contributed by atoms with Gasteiger partial charge in [-0.3, -0.25) is 9.59 Å². The highest BCUT2D eigenvalue weighted by Crippen LogP contribution is 2.18. The third-order valence-electron chi connectivity index (χ3n) is 2.96. The first kappa shape index (κ1) is 14.0. The molecule has 0 saturated carbocycles. The summed E-state index contributed by atoms with van der Waals surface area (Å²) < 4.78 is 0. The maximum atomic E-state index is 12.0. The van der Waals surface area contributed by atoms with Crippen LogP contribution >= 0.6 is 0 Å². The summed E-state index contributed by atoms with van der Waals surface area (Å²) >= 11 is 0. The number of hydrogen-bond donors (Lipinski definition) is 1. The molecule has 2 amide bonds. The van der Waals surface area contributed by atoms with E-state index in [9.17, 15) is 9.59 Å². The van der Waals surface area contributed by atoms with Gasteiger partial charge < -0.3 is 15.1 Å².